The number of tetrazole rings is 1. The van der Waals surface area contributed by atoms with Gasteiger partial charge < -0.3 is 5.32 Å². The van der Waals surface area contributed by atoms with Crippen LogP contribution in [0.5, 0.6) is 0 Å². The molecule has 1 amide bonds. The van der Waals surface area contributed by atoms with Crippen LogP contribution in [0.1, 0.15) is 56.3 Å². The van der Waals surface area contributed by atoms with Crippen LogP contribution in [-0.2, 0) is 4.79 Å². The van der Waals surface area contributed by atoms with Gasteiger partial charge >= 0.3 is 0 Å². The minimum Gasteiger partial charge on any atom is -0.348 e. The normalized spacial score (nSPS) is 16.9. The quantitative estimate of drug-likeness (QED) is 0.868. The Morgan fingerprint density at radius 1 is 1.12 bits per heavy atom. The Kier molecular flexibility index (Phi) is 5.93. The second-order valence-corrected chi connectivity index (χ2v) is 6.59. The van der Waals surface area contributed by atoms with Crippen molar-refractivity contribution < 1.29 is 4.79 Å². The SMILES string of the molecule is Cc1nnnn1/C(=C/c1ccccc1)C(=O)NC1CCCCCCC1. The molecule has 0 spiro atoms. The van der Waals surface area contributed by atoms with Gasteiger partial charge in [0.15, 0.2) is 5.82 Å². The van der Waals surface area contributed by atoms with E-state index in [1.54, 1.807) is 6.92 Å². The number of carbonyl (C=O) groups excluding carboxylic acids is 1. The molecule has 6 heteroatoms. The summed E-state index contributed by atoms with van der Waals surface area (Å²) < 4.78 is 1.51. The Morgan fingerprint density at radius 2 is 1.80 bits per heavy atom. The standard InChI is InChI=1S/C19H25N5O/c1-15-21-22-23-24(15)18(14-16-10-6-5-7-11-16)19(25)20-17-12-8-3-2-4-9-13-17/h5-7,10-11,14,17H,2-4,8-9,12-13H2,1H3,(H,20,25)/b18-14+. The number of nitrogens with zero attached hydrogens (tertiary/aromatic N) is 4. The molecule has 1 aromatic carbocycles. The molecule has 1 saturated carbocycles. The van der Waals surface area contributed by atoms with E-state index in [1.807, 2.05) is 36.4 Å². The third-order valence-electron chi connectivity index (χ3n) is 4.63. The number of nitrogens with one attached hydrogen (secondary N) is 1. The smallest absolute Gasteiger partial charge is 0.270 e. The summed E-state index contributed by atoms with van der Waals surface area (Å²) in [6.07, 6.45) is 10.1. The molecule has 1 aliphatic carbocycles. The summed E-state index contributed by atoms with van der Waals surface area (Å²) in [5.41, 5.74) is 1.40. The van der Waals surface area contributed by atoms with Crippen LogP contribution in [0.2, 0.25) is 0 Å². The lowest BCUT2D eigenvalue weighted by Gasteiger charge is -2.21. The van der Waals surface area contributed by atoms with Crippen molar-refractivity contribution in [1.29, 1.82) is 0 Å². The van der Waals surface area contributed by atoms with Crippen LogP contribution in [0.15, 0.2) is 30.3 Å². The molecule has 2 aromatic rings. The van der Waals surface area contributed by atoms with Crippen molar-refractivity contribution in [3.05, 3.63) is 41.7 Å². The van der Waals surface area contributed by atoms with Gasteiger partial charge in [0, 0.05) is 6.04 Å². The van der Waals surface area contributed by atoms with E-state index in [1.165, 1.54) is 36.8 Å². The lowest BCUT2D eigenvalue weighted by Crippen LogP contribution is -2.37. The average molecular weight is 339 g/mol. The molecule has 0 aliphatic heterocycles. The first kappa shape index (κ1) is 17.3. The lowest BCUT2D eigenvalue weighted by atomic mass is 9.96. The van der Waals surface area contributed by atoms with Gasteiger partial charge in [-0.3, -0.25) is 4.79 Å². The highest BCUT2D eigenvalue weighted by molar-refractivity contribution is 6.18. The fourth-order valence-corrected chi connectivity index (χ4v) is 3.24. The van der Waals surface area contributed by atoms with Crippen LogP contribution >= 0.6 is 0 Å². The Balaban J connectivity index is 1.82. The van der Waals surface area contributed by atoms with E-state index < -0.39 is 0 Å². The average Bonchev–Trinajstić information content (AvgIpc) is 3.01. The first-order valence-corrected chi connectivity index (χ1v) is 9.07. The van der Waals surface area contributed by atoms with Crippen LogP contribution in [0, 0.1) is 6.92 Å². The second kappa shape index (κ2) is 8.55. The minimum atomic E-state index is -0.121. The monoisotopic (exact) mass is 339 g/mol. The van der Waals surface area contributed by atoms with E-state index in [4.69, 9.17) is 0 Å². The number of rotatable bonds is 4. The van der Waals surface area contributed by atoms with E-state index in [0.29, 0.717) is 11.5 Å². The van der Waals surface area contributed by atoms with Crippen molar-refractivity contribution in [3.63, 3.8) is 0 Å². The third kappa shape index (κ3) is 4.75. The summed E-state index contributed by atoms with van der Waals surface area (Å²) in [5.74, 6) is 0.472. The highest BCUT2D eigenvalue weighted by Crippen LogP contribution is 2.19. The van der Waals surface area contributed by atoms with Gasteiger partial charge in [-0.05, 0) is 41.8 Å². The molecule has 1 fully saturated rings. The van der Waals surface area contributed by atoms with Crippen molar-refractivity contribution >= 4 is 17.7 Å². The number of aryl methyl sites for hydroxylation is 1. The molecule has 0 radical (unpaired) electrons. The molecule has 6 nitrogen and oxygen atoms in total. The number of carbonyl (C=O) groups is 1. The fraction of sp³-hybridized carbons (Fsp3) is 0.474. The molecule has 1 heterocycles. The topological polar surface area (TPSA) is 72.7 Å². The van der Waals surface area contributed by atoms with Gasteiger partial charge in [0.1, 0.15) is 5.70 Å². The molecule has 0 unspecified atom stereocenters. The van der Waals surface area contributed by atoms with E-state index in [2.05, 4.69) is 20.8 Å². The first-order chi connectivity index (χ1) is 12.2. The Hall–Kier alpha value is -2.50. The number of hydrogen-bond donors (Lipinski definition) is 1. The molecule has 0 bridgehead atoms. The molecule has 132 valence electrons. The maximum absolute atomic E-state index is 13.0. The van der Waals surface area contributed by atoms with Crippen molar-refractivity contribution in [2.75, 3.05) is 0 Å². The van der Waals surface area contributed by atoms with Gasteiger partial charge in [0.2, 0.25) is 0 Å². The molecular formula is C19H25N5O. The van der Waals surface area contributed by atoms with E-state index in [-0.39, 0.29) is 11.9 Å². The lowest BCUT2D eigenvalue weighted by molar-refractivity contribution is -0.116. The predicted octanol–water partition coefficient (Wildman–Crippen LogP) is 3.21. The van der Waals surface area contributed by atoms with Crippen molar-refractivity contribution in [2.24, 2.45) is 0 Å². The number of hydrogen-bond acceptors (Lipinski definition) is 4. The van der Waals surface area contributed by atoms with Crippen molar-refractivity contribution in [1.82, 2.24) is 25.5 Å². The molecule has 0 saturated heterocycles. The second-order valence-electron chi connectivity index (χ2n) is 6.59. The number of amides is 1. The Morgan fingerprint density at radius 3 is 2.44 bits per heavy atom. The Labute approximate surface area is 148 Å². The number of benzene rings is 1. The minimum absolute atomic E-state index is 0.121. The molecular weight excluding hydrogens is 314 g/mol. The Bertz CT molecular complexity index is 714. The molecule has 3 rings (SSSR count). The molecule has 1 aliphatic rings. The third-order valence-corrected chi connectivity index (χ3v) is 4.63. The molecule has 1 aromatic heterocycles. The van der Waals surface area contributed by atoms with E-state index in [0.717, 1.165) is 18.4 Å². The summed E-state index contributed by atoms with van der Waals surface area (Å²) in [6, 6.07) is 9.99. The van der Waals surface area contributed by atoms with Gasteiger partial charge in [-0.15, -0.1) is 5.10 Å². The molecule has 25 heavy (non-hydrogen) atoms. The predicted molar refractivity (Wildman–Crippen MR) is 97.4 cm³/mol. The summed E-state index contributed by atoms with van der Waals surface area (Å²) in [4.78, 5) is 13.0. The summed E-state index contributed by atoms with van der Waals surface area (Å²) in [7, 11) is 0. The van der Waals surface area contributed by atoms with E-state index >= 15 is 0 Å². The van der Waals surface area contributed by atoms with Gasteiger partial charge in [0.05, 0.1) is 0 Å². The maximum atomic E-state index is 13.0. The van der Waals surface area contributed by atoms with Crippen LogP contribution < -0.4 is 5.32 Å². The number of aromatic nitrogens is 4. The highest BCUT2D eigenvalue weighted by Gasteiger charge is 2.20. The first-order valence-electron chi connectivity index (χ1n) is 9.07. The zero-order chi connectivity index (χ0) is 17.5. The largest absolute Gasteiger partial charge is 0.348 e. The van der Waals surface area contributed by atoms with Gasteiger partial charge in [-0.2, -0.15) is 4.68 Å². The van der Waals surface area contributed by atoms with Gasteiger partial charge in [-0.1, -0.05) is 62.4 Å². The van der Waals surface area contributed by atoms with Gasteiger partial charge in [0.25, 0.3) is 5.91 Å². The molecule has 1 N–H and O–H groups in total. The van der Waals surface area contributed by atoms with Crippen LogP contribution in [0.25, 0.3) is 11.8 Å². The van der Waals surface area contributed by atoms with Gasteiger partial charge in [-0.25, -0.2) is 0 Å². The zero-order valence-corrected chi connectivity index (χ0v) is 14.7. The fourth-order valence-electron chi connectivity index (χ4n) is 3.24. The van der Waals surface area contributed by atoms with Crippen molar-refractivity contribution in [3.8, 4) is 0 Å². The summed E-state index contributed by atoms with van der Waals surface area (Å²) in [6.45, 7) is 1.79. The van der Waals surface area contributed by atoms with Crippen LogP contribution in [0.4, 0.5) is 0 Å². The maximum Gasteiger partial charge on any atom is 0.270 e. The van der Waals surface area contributed by atoms with Crippen LogP contribution in [-0.4, -0.2) is 32.2 Å². The van der Waals surface area contributed by atoms with Crippen molar-refractivity contribution in [2.45, 2.75) is 57.9 Å². The van der Waals surface area contributed by atoms with E-state index in [9.17, 15) is 4.79 Å². The zero-order valence-electron chi connectivity index (χ0n) is 14.7. The molecule has 0 atom stereocenters. The highest BCUT2D eigenvalue weighted by atomic mass is 16.2. The van der Waals surface area contributed by atoms with Crippen LogP contribution in [0.3, 0.4) is 0 Å². The summed E-state index contributed by atoms with van der Waals surface area (Å²) in [5, 5.41) is 14.8. The summed E-state index contributed by atoms with van der Waals surface area (Å²) >= 11 is 0.